The molecule has 0 bridgehead atoms. The number of amides is 3. The zero-order chi connectivity index (χ0) is 20.5. The predicted molar refractivity (Wildman–Crippen MR) is 117 cm³/mol. The molecule has 1 aliphatic rings. The van der Waals surface area contributed by atoms with E-state index in [2.05, 4.69) is 5.32 Å². The van der Waals surface area contributed by atoms with E-state index < -0.39 is 0 Å². The van der Waals surface area contributed by atoms with E-state index in [0.717, 1.165) is 43.4 Å². The number of benzene rings is 2. The Morgan fingerprint density at radius 1 is 0.931 bits per heavy atom. The summed E-state index contributed by atoms with van der Waals surface area (Å²) in [5.74, 6) is -0.0141. The van der Waals surface area contributed by atoms with Crippen molar-refractivity contribution >= 4 is 17.6 Å². The van der Waals surface area contributed by atoms with E-state index in [1.54, 1.807) is 11.9 Å². The van der Waals surface area contributed by atoms with E-state index in [4.69, 9.17) is 0 Å². The number of anilines is 1. The van der Waals surface area contributed by atoms with Gasteiger partial charge in [0.15, 0.2) is 0 Å². The number of nitrogens with one attached hydrogen (secondary N) is 1. The lowest BCUT2D eigenvalue weighted by molar-refractivity contribution is -0.119. The van der Waals surface area contributed by atoms with Gasteiger partial charge in [-0.05, 0) is 37.0 Å². The molecule has 3 amide bonds. The van der Waals surface area contributed by atoms with E-state index in [0.29, 0.717) is 6.54 Å². The summed E-state index contributed by atoms with van der Waals surface area (Å²) in [7, 11) is 1.61. The Kier molecular flexibility index (Phi) is 7.68. The van der Waals surface area contributed by atoms with Crippen molar-refractivity contribution in [1.29, 1.82) is 0 Å². The Morgan fingerprint density at radius 2 is 1.55 bits per heavy atom. The Hall–Kier alpha value is -2.82. The van der Waals surface area contributed by atoms with Gasteiger partial charge in [0.05, 0.1) is 0 Å². The monoisotopic (exact) mass is 393 g/mol. The summed E-state index contributed by atoms with van der Waals surface area (Å²) < 4.78 is 0. The maximum Gasteiger partial charge on any atom is 0.317 e. The maximum absolute atomic E-state index is 13.4. The largest absolute Gasteiger partial charge is 0.341 e. The molecule has 5 nitrogen and oxygen atoms in total. The van der Waals surface area contributed by atoms with Gasteiger partial charge in [-0.15, -0.1) is 0 Å². The highest BCUT2D eigenvalue weighted by atomic mass is 16.2. The lowest BCUT2D eigenvalue weighted by Crippen LogP contribution is -2.50. The van der Waals surface area contributed by atoms with Gasteiger partial charge in [-0.2, -0.15) is 0 Å². The summed E-state index contributed by atoms with van der Waals surface area (Å²) >= 11 is 0. The zero-order valence-corrected chi connectivity index (χ0v) is 17.2. The number of nitrogens with zero attached hydrogens (tertiary/aromatic N) is 2. The van der Waals surface area contributed by atoms with Crippen LogP contribution in [0.3, 0.4) is 0 Å². The number of rotatable bonds is 7. The number of carbonyl (C=O) groups is 2. The van der Waals surface area contributed by atoms with Gasteiger partial charge < -0.3 is 15.1 Å². The molecule has 154 valence electrons. The molecule has 1 aliphatic carbocycles. The summed E-state index contributed by atoms with van der Waals surface area (Å²) in [6.07, 6.45) is 6.28. The summed E-state index contributed by atoms with van der Waals surface area (Å²) in [6.45, 7) is 0.584. The molecule has 1 N–H and O–H groups in total. The highest BCUT2D eigenvalue weighted by molar-refractivity contribution is 5.97. The molecule has 29 heavy (non-hydrogen) atoms. The third-order valence-electron chi connectivity index (χ3n) is 5.58. The number of hydrogen-bond acceptors (Lipinski definition) is 2. The number of para-hydroxylation sites is 1. The van der Waals surface area contributed by atoms with Crippen molar-refractivity contribution in [2.45, 2.75) is 44.6 Å². The van der Waals surface area contributed by atoms with Crippen LogP contribution in [-0.4, -0.2) is 43.0 Å². The third kappa shape index (κ3) is 5.83. The normalized spacial score (nSPS) is 14.2. The first-order chi connectivity index (χ1) is 14.2. The van der Waals surface area contributed by atoms with Gasteiger partial charge in [-0.3, -0.25) is 4.79 Å². The van der Waals surface area contributed by atoms with Crippen molar-refractivity contribution in [3.8, 4) is 0 Å². The Labute approximate surface area is 173 Å². The molecule has 2 aromatic carbocycles. The first-order valence-corrected chi connectivity index (χ1v) is 10.6. The van der Waals surface area contributed by atoms with E-state index in [1.807, 2.05) is 65.6 Å². The Balaban J connectivity index is 1.74. The highest BCUT2D eigenvalue weighted by Gasteiger charge is 2.28. The number of urea groups is 1. The van der Waals surface area contributed by atoms with Crippen LogP contribution in [0.2, 0.25) is 0 Å². The minimum absolute atomic E-state index is 0.0141. The Morgan fingerprint density at radius 3 is 2.17 bits per heavy atom. The molecular weight excluding hydrogens is 362 g/mol. The van der Waals surface area contributed by atoms with Gasteiger partial charge in [0.1, 0.15) is 6.54 Å². The minimum Gasteiger partial charge on any atom is -0.341 e. The minimum atomic E-state index is -0.217. The molecule has 0 aliphatic heterocycles. The quantitative estimate of drug-likeness (QED) is 0.765. The van der Waals surface area contributed by atoms with Gasteiger partial charge in [-0.25, -0.2) is 4.79 Å². The molecular formula is C24H31N3O2. The van der Waals surface area contributed by atoms with Crippen molar-refractivity contribution in [3.63, 3.8) is 0 Å². The second-order valence-corrected chi connectivity index (χ2v) is 7.60. The van der Waals surface area contributed by atoms with Crippen molar-refractivity contribution in [3.05, 3.63) is 66.2 Å². The average molecular weight is 394 g/mol. The van der Waals surface area contributed by atoms with Crippen LogP contribution in [0.15, 0.2) is 60.7 Å². The topological polar surface area (TPSA) is 52.7 Å². The molecule has 1 fully saturated rings. The van der Waals surface area contributed by atoms with Crippen LogP contribution in [0.4, 0.5) is 10.5 Å². The van der Waals surface area contributed by atoms with Crippen molar-refractivity contribution in [2.24, 2.45) is 0 Å². The molecule has 0 radical (unpaired) electrons. The van der Waals surface area contributed by atoms with Gasteiger partial charge in [0.2, 0.25) is 5.91 Å². The van der Waals surface area contributed by atoms with Crippen LogP contribution >= 0.6 is 0 Å². The smallest absolute Gasteiger partial charge is 0.317 e. The molecule has 0 heterocycles. The lowest BCUT2D eigenvalue weighted by Gasteiger charge is -2.36. The van der Waals surface area contributed by atoms with E-state index in [9.17, 15) is 9.59 Å². The van der Waals surface area contributed by atoms with E-state index >= 15 is 0 Å². The zero-order valence-electron chi connectivity index (χ0n) is 17.2. The molecule has 0 atom stereocenters. The van der Waals surface area contributed by atoms with Crippen molar-refractivity contribution < 1.29 is 9.59 Å². The lowest BCUT2D eigenvalue weighted by atomic mass is 9.93. The number of carbonyl (C=O) groups excluding carboxylic acids is 2. The second-order valence-electron chi connectivity index (χ2n) is 7.60. The number of hydrogen-bond donors (Lipinski definition) is 1. The predicted octanol–water partition coefficient (Wildman–Crippen LogP) is 4.24. The van der Waals surface area contributed by atoms with Gasteiger partial charge >= 0.3 is 6.03 Å². The van der Waals surface area contributed by atoms with Gasteiger partial charge in [0, 0.05) is 25.3 Å². The summed E-state index contributed by atoms with van der Waals surface area (Å²) in [6, 6.07) is 19.9. The molecule has 3 rings (SSSR count). The van der Waals surface area contributed by atoms with Crippen LogP contribution in [0.1, 0.15) is 37.7 Å². The summed E-state index contributed by atoms with van der Waals surface area (Å²) in [4.78, 5) is 29.4. The highest BCUT2D eigenvalue weighted by Crippen LogP contribution is 2.27. The van der Waals surface area contributed by atoms with Crippen LogP contribution in [0.5, 0.6) is 0 Å². The van der Waals surface area contributed by atoms with Crippen LogP contribution in [0, 0.1) is 0 Å². The fourth-order valence-electron chi connectivity index (χ4n) is 4.04. The van der Waals surface area contributed by atoms with Gasteiger partial charge in [-0.1, -0.05) is 67.8 Å². The van der Waals surface area contributed by atoms with Crippen LogP contribution in [-0.2, 0) is 11.2 Å². The first kappa shape index (κ1) is 20.9. The fraction of sp³-hybridized carbons (Fsp3) is 0.417. The van der Waals surface area contributed by atoms with Crippen LogP contribution < -0.4 is 10.2 Å². The third-order valence-corrected chi connectivity index (χ3v) is 5.58. The second kappa shape index (κ2) is 10.6. The molecule has 1 saturated carbocycles. The first-order valence-electron chi connectivity index (χ1n) is 10.6. The molecule has 2 aromatic rings. The van der Waals surface area contributed by atoms with E-state index in [1.165, 1.54) is 6.42 Å². The summed E-state index contributed by atoms with van der Waals surface area (Å²) in [5, 5.41) is 2.68. The molecule has 0 saturated heterocycles. The molecule has 5 heteroatoms. The maximum atomic E-state index is 13.4. The SMILES string of the molecule is CNC(=O)N(CCc1ccccc1)CC(=O)N(c1ccccc1)C1CCCCC1. The fourth-order valence-corrected chi connectivity index (χ4v) is 4.04. The van der Waals surface area contributed by atoms with Crippen molar-refractivity contribution in [1.82, 2.24) is 10.2 Å². The standard InChI is InChI=1S/C24H31N3O2/c1-25-24(29)26(18-17-20-11-5-2-6-12-20)19-23(28)27(21-13-7-3-8-14-21)22-15-9-4-10-16-22/h2-3,5-8,11-14,22H,4,9-10,15-19H2,1H3,(H,25,29). The Bertz CT molecular complexity index is 773. The summed E-state index contributed by atoms with van der Waals surface area (Å²) in [5.41, 5.74) is 2.07. The molecule has 0 unspecified atom stereocenters. The van der Waals surface area contributed by atoms with Crippen LogP contribution in [0.25, 0.3) is 0 Å². The van der Waals surface area contributed by atoms with E-state index in [-0.39, 0.29) is 24.5 Å². The van der Waals surface area contributed by atoms with Crippen molar-refractivity contribution in [2.75, 3.05) is 25.0 Å². The molecule has 0 spiro atoms. The molecule has 0 aromatic heterocycles. The van der Waals surface area contributed by atoms with Gasteiger partial charge in [0.25, 0.3) is 0 Å². The average Bonchev–Trinajstić information content (AvgIpc) is 2.78.